The molecule has 4 rings (SSSR count). The Morgan fingerprint density at radius 2 is 2.12 bits per heavy atom. The number of hydrogen-bond acceptors (Lipinski definition) is 5. The van der Waals surface area contributed by atoms with Crippen molar-refractivity contribution in [1.82, 2.24) is 14.9 Å². The summed E-state index contributed by atoms with van der Waals surface area (Å²) in [5.41, 5.74) is 1.76. The van der Waals surface area contributed by atoms with Crippen LogP contribution >= 0.6 is 11.3 Å². The second-order valence-electron chi connectivity index (χ2n) is 6.43. The van der Waals surface area contributed by atoms with Crippen LogP contribution in [-0.2, 0) is 4.74 Å². The zero-order valence-corrected chi connectivity index (χ0v) is 14.3. The third kappa shape index (κ3) is 3.42. The fraction of sp³-hybridized carbons (Fsp3) is 0.471. The number of urea groups is 1. The number of anilines is 1. The lowest BCUT2D eigenvalue weighted by Gasteiger charge is -2.36. The van der Waals surface area contributed by atoms with Gasteiger partial charge in [0.25, 0.3) is 0 Å². The molecule has 1 aliphatic heterocycles. The van der Waals surface area contributed by atoms with Gasteiger partial charge in [-0.05, 0) is 42.2 Å². The molecule has 126 valence electrons. The quantitative estimate of drug-likeness (QED) is 0.926. The van der Waals surface area contributed by atoms with E-state index in [0.717, 1.165) is 11.4 Å². The van der Waals surface area contributed by atoms with Crippen molar-refractivity contribution < 1.29 is 9.53 Å². The molecule has 0 aromatic carbocycles. The van der Waals surface area contributed by atoms with Gasteiger partial charge in [0.2, 0.25) is 0 Å². The van der Waals surface area contributed by atoms with Gasteiger partial charge in [-0.15, -0.1) is 0 Å². The fourth-order valence-electron chi connectivity index (χ4n) is 2.92. The highest BCUT2D eigenvalue weighted by atomic mass is 32.1. The SMILES string of the molecule is CC1CN(C(=O)Nc2cnc(C3CC3)nc2)CC(c2ccsc2)O1. The first kappa shape index (κ1) is 15.5. The number of carbonyl (C=O) groups is 1. The van der Waals surface area contributed by atoms with E-state index in [1.807, 2.05) is 18.4 Å². The molecule has 2 aromatic heterocycles. The summed E-state index contributed by atoms with van der Waals surface area (Å²) in [5.74, 6) is 1.40. The third-order valence-corrected chi connectivity index (χ3v) is 5.03. The number of thiophene rings is 1. The second-order valence-corrected chi connectivity index (χ2v) is 7.21. The molecule has 1 aliphatic carbocycles. The first-order valence-corrected chi connectivity index (χ1v) is 9.19. The molecule has 0 spiro atoms. The predicted octanol–water partition coefficient (Wildman–Crippen LogP) is 3.41. The number of rotatable bonds is 3. The van der Waals surface area contributed by atoms with Crippen molar-refractivity contribution in [3.8, 4) is 0 Å². The van der Waals surface area contributed by atoms with Crippen LogP contribution in [0.15, 0.2) is 29.2 Å². The molecule has 1 N–H and O–H groups in total. The number of amides is 2. The summed E-state index contributed by atoms with van der Waals surface area (Å²) >= 11 is 1.64. The Hall–Kier alpha value is -1.99. The smallest absolute Gasteiger partial charge is 0.322 e. The van der Waals surface area contributed by atoms with E-state index >= 15 is 0 Å². The number of aromatic nitrogens is 2. The van der Waals surface area contributed by atoms with E-state index in [2.05, 4.69) is 20.7 Å². The number of hydrogen-bond donors (Lipinski definition) is 1. The van der Waals surface area contributed by atoms with E-state index in [4.69, 9.17) is 4.74 Å². The monoisotopic (exact) mass is 344 g/mol. The van der Waals surface area contributed by atoms with Crippen LogP contribution in [0.1, 0.15) is 43.2 Å². The molecular formula is C17H20N4O2S. The average Bonchev–Trinajstić information content (AvgIpc) is 3.29. The van der Waals surface area contributed by atoms with E-state index < -0.39 is 0 Å². The van der Waals surface area contributed by atoms with E-state index in [9.17, 15) is 4.79 Å². The Morgan fingerprint density at radius 3 is 2.79 bits per heavy atom. The zero-order valence-electron chi connectivity index (χ0n) is 13.5. The van der Waals surface area contributed by atoms with Gasteiger partial charge in [-0.3, -0.25) is 0 Å². The maximum Gasteiger partial charge on any atom is 0.322 e. The van der Waals surface area contributed by atoms with Gasteiger partial charge in [0, 0.05) is 12.5 Å². The lowest BCUT2D eigenvalue weighted by atomic mass is 10.1. The minimum atomic E-state index is -0.131. The highest BCUT2D eigenvalue weighted by Crippen LogP contribution is 2.37. The molecule has 2 unspecified atom stereocenters. The van der Waals surface area contributed by atoms with Gasteiger partial charge in [-0.2, -0.15) is 11.3 Å². The summed E-state index contributed by atoms with van der Waals surface area (Å²) in [7, 11) is 0. The summed E-state index contributed by atoms with van der Waals surface area (Å²) in [6.07, 6.45) is 5.66. The maximum atomic E-state index is 12.6. The molecule has 1 saturated carbocycles. The average molecular weight is 344 g/mol. The molecule has 2 amide bonds. The maximum absolute atomic E-state index is 12.6. The Labute approximate surface area is 144 Å². The molecule has 7 heteroatoms. The minimum Gasteiger partial charge on any atom is -0.367 e. The van der Waals surface area contributed by atoms with Gasteiger partial charge in [0.05, 0.1) is 30.7 Å². The highest BCUT2D eigenvalue weighted by molar-refractivity contribution is 7.07. The summed E-state index contributed by atoms with van der Waals surface area (Å²) in [6.45, 7) is 3.12. The van der Waals surface area contributed by atoms with Crippen molar-refractivity contribution in [3.63, 3.8) is 0 Å². The molecular weight excluding hydrogens is 324 g/mol. The highest BCUT2D eigenvalue weighted by Gasteiger charge is 2.30. The van der Waals surface area contributed by atoms with Crippen LogP contribution in [-0.4, -0.2) is 40.1 Å². The molecule has 0 radical (unpaired) electrons. The fourth-order valence-corrected chi connectivity index (χ4v) is 3.62. The Bertz CT molecular complexity index is 700. The molecule has 6 nitrogen and oxygen atoms in total. The van der Waals surface area contributed by atoms with Crippen molar-refractivity contribution >= 4 is 23.1 Å². The lowest BCUT2D eigenvalue weighted by molar-refractivity contribution is -0.0640. The minimum absolute atomic E-state index is 0.00268. The summed E-state index contributed by atoms with van der Waals surface area (Å²) < 4.78 is 5.97. The molecule has 0 bridgehead atoms. The van der Waals surface area contributed by atoms with Crippen LogP contribution in [0, 0.1) is 0 Å². The summed E-state index contributed by atoms with van der Waals surface area (Å²) in [6, 6.07) is 1.92. The van der Waals surface area contributed by atoms with Crippen LogP contribution in [0.5, 0.6) is 0 Å². The molecule has 24 heavy (non-hydrogen) atoms. The Balaban J connectivity index is 1.41. The van der Waals surface area contributed by atoms with E-state index in [0.29, 0.717) is 24.7 Å². The van der Waals surface area contributed by atoms with E-state index in [-0.39, 0.29) is 18.2 Å². The van der Waals surface area contributed by atoms with Crippen molar-refractivity contribution in [2.24, 2.45) is 0 Å². The van der Waals surface area contributed by atoms with Crippen LogP contribution in [0.4, 0.5) is 10.5 Å². The first-order chi connectivity index (χ1) is 11.7. The number of morpholine rings is 1. The number of nitrogens with zero attached hydrogens (tertiary/aromatic N) is 3. The van der Waals surface area contributed by atoms with Crippen LogP contribution in [0.25, 0.3) is 0 Å². The van der Waals surface area contributed by atoms with Gasteiger partial charge in [0.15, 0.2) is 0 Å². The summed E-state index contributed by atoms with van der Waals surface area (Å²) in [5, 5.41) is 7.00. The molecule has 2 fully saturated rings. The number of nitrogens with one attached hydrogen (secondary N) is 1. The summed E-state index contributed by atoms with van der Waals surface area (Å²) in [4.78, 5) is 23.0. The van der Waals surface area contributed by atoms with Gasteiger partial charge in [-0.1, -0.05) is 0 Å². The number of ether oxygens (including phenoxy) is 1. The van der Waals surface area contributed by atoms with E-state index in [1.54, 1.807) is 28.6 Å². The van der Waals surface area contributed by atoms with Gasteiger partial charge in [0.1, 0.15) is 11.9 Å². The Kier molecular flexibility index (Phi) is 4.20. The molecule has 2 atom stereocenters. The second kappa shape index (κ2) is 6.49. The van der Waals surface area contributed by atoms with Crippen molar-refractivity contribution in [1.29, 1.82) is 0 Å². The van der Waals surface area contributed by atoms with Crippen molar-refractivity contribution in [2.75, 3.05) is 18.4 Å². The van der Waals surface area contributed by atoms with Crippen LogP contribution < -0.4 is 5.32 Å². The van der Waals surface area contributed by atoms with Crippen LogP contribution in [0.3, 0.4) is 0 Å². The van der Waals surface area contributed by atoms with Gasteiger partial charge < -0.3 is 15.0 Å². The number of carbonyl (C=O) groups excluding carboxylic acids is 1. The normalized spacial score (nSPS) is 24.0. The molecule has 1 saturated heterocycles. The van der Waals surface area contributed by atoms with Crippen molar-refractivity contribution in [3.05, 3.63) is 40.6 Å². The standard InChI is InChI=1S/C17H20N4O2S/c1-11-8-21(9-15(23-11)13-4-5-24-10-13)17(22)20-14-6-18-16(19-7-14)12-2-3-12/h4-7,10-12,15H,2-3,8-9H2,1H3,(H,20,22). The Morgan fingerprint density at radius 1 is 1.33 bits per heavy atom. The van der Waals surface area contributed by atoms with E-state index in [1.165, 1.54) is 12.8 Å². The van der Waals surface area contributed by atoms with Gasteiger partial charge >= 0.3 is 6.03 Å². The topological polar surface area (TPSA) is 67.4 Å². The third-order valence-electron chi connectivity index (χ3n) is 4.33. The van der Waals surface area contributed by atoms with Gasteiger partial charge in [-0.25, -0.2) is 14.8 Å². The van der Waals surface area contributed by atoms with Crippen LogP contribution in [0.2, 0.25) is 0 Å². The van der Waals surface area contributed by atoms with Crippen molar-refractivity contribution in [2.45, 2.75) is 37.9 Å². The lowest BCUT2D eigenvalue weighted by Crippen LogP contribution is -2.47. The molecule has 2 aromatic rings. The first-order valence-electron chi connectivity index (χ1n) is 8.24. The largest absolute Gasteiger partial charge is 0.367 e. The molecule has 2 aliphatic rings. The molecule has 3 heterocycles. The zero-order chi connectivity index (χ0) is 16.5. The predicted molar refractivity (Wildman–Crippen MR) is 92.2 cm³/mol.